The van der Waals surface area contributed by atoms with Gasteiger partial charge in [0, 0.05) is 12.8 Å². The molecule has 190 valence electrons. The summed E-state index contributed by atoms with van der Waals surface area (Å²) in [6.45, 7) is 6.35. The van der Waals surface area contributed by atoms with Crippen molar-refractivity contribution in [2.24, 2.45) is 5.92 Å². The largest absolute Gasteiger partial charge is 0.462 e. The van der Waals surface area contributed by atoms with Crippen molar-refractivity contribution in [3.8, 4) is 0 Å². The summed E-state index contributed by atoms with van der Waals surface area (Å²) >= 11 is 0. The van der Waals surface area contributed by atoms with Gasteiger partial charge in [-0.25, -0.2) is 0 Å². The van der Waals surface area contributed by atoms with E-state index in [0.717, 1.165) is 44.4 Å². The highest BCUT2D eigenvalue weighted by atomic mass is 16.6. The summed E-state index contributed by atoms with van der Waals surface area (Å²) in [5.41, 5.74) is 0. The number of aliphatic hydroxyl groups is 1. The Labute approximate surface area is 198 Å². The second-order valence-electron chi connectivity index (χ2n) is 9.61. The van der Waals surface area contributed by atoms with Crippen LogP contribution in [0.25, 0.3) is 0 Å². The maximum absolute atomic E-state index is 11.9. The Morgan fingerprint density at radius 1 is 0.688 bits per heavy atom. The Morgan fingerprint density at radius 3 is 1.66 bits per heavy atom. The fourth-order valence-corrected chi connectivity index (χ4v) is 3.74. The lowest BCUT2D eigenvalue weighted by atomic mass is 10.0. The lowest BCUT2D eigenvalue weighted by Gasteiger charge is -2.15. The van der Waals surface area contributed by atoms with Crippen LogP contribution in [0.15, 0.2) is 0 Å². The first kappa shape index (κ1) is 30.9. The quantitative estimate of drug-likeness (QED) is 0.131. The van der Waals surface area contributed by atoms with Crippen molar-refractivity contribution in [3.63, 3.8) is 0 Å². The van der Waals surface area contributed by atoms with Crippen LogP contribution in [0.5, 0.6) is 0 Å². The summed E-state index contributed by atoms with van der Waals surface area (Å²) in [5, 5.41) is 9.40. The first-order chi connectivity index (χ1) is 15.5. The predicted octanol–water partition coefficient (Wildman–Crippen LogP) is 7.13. The number of hydrogen-bond acceptors (Lipinski definition) is 5. The van der Waals surface area contributed by atoms with Crippen LogP contribution in [-0.2, 0) is 19.1 Å². The molecule has 32 heavy (non-hydrogen) atoms. The van der Waals surface area contributed by atoms with Crippen LogP contribution in [0.1, 0.15) is 136 Å². The van der Waals surface area contributed by atoms with Gasteiger partial charge in [-0.1, -0.05) is 111 Å². The monoisotopic (exact) mass is 456 g/mol. The average Bonchev–Trinajstić information content (AvgIpc) is 2.77. The molecule has 0 rings (SSSR count). The molecule has 5 nitrogen and oxygen atoms in total. The number of ether oxygens (including phenoxy) is 2. The third kappa shape index (κ3) is 22.1. The van der Waals surface area contributed by atoms with Crippen molar-refractivity contribution in [1.29, 1.82) is 0 Å². The molecule has 0 aromatic rings. The molecular formula is C27H52O5. The fraction of sp³-hybridized carbons (Fsp3) is 0.926. The van der Waals surface area contributed by atoms with Crippen molar-refractivity contribution in [2.45, 2.75) is 142 Å². The van der Waals surface area contributed by atoms with Gasteiger partial charge in [0.2, 0.25) is 0 Å². The van der Waals surface area contributed by atoms with Gasteiger partial charge < -0.3 is 14.6 Å². The molecule has 0 bridgehead atoms. The van der Waals surface area contributed by atoms with E-state index in [0.29, 0.717) is 12.8 Å². The molecule has 0 aliphatic rings. The van der Waals surface area contributed by atoms with Crippen LogP contribution < -0.4 is 0 Å². The molecule has 0 unspecified atom stereocenters. The van der Waals surface area contributed by atoms with E-state index in [1.807, 2.05) is 0 Å². The number of unbranched alkanes of at least 4 members (excludes halogenated alkanes) is 13. The SMILES string of the molecule is CCCCCCCCCCCC(=O)OC[C@H](CO)OC(=O)CCCCCCCCC(C)C. The third-order valence-electron chi connectivity index (χ3n) is 5.83. The van der Waals surface area contributed by atoms with Crippen molar-refractivity contribution in [3.05, 3.63) is 0 Å². The Morgan fingerprint density at radius 2 is 1.16 bits per heavy atom. The van der Waals surface area contributed by atoms with E-state index < -0.39 is 6.10 Å². The lowest BCUT2D eigenvalue weighted by Crippen LogP contribution is -2.28. The second-order valence-corrected chi connectivity index (χ2v) is 9.61. The number of rotatable bonds is 23. The number of hydrogen-bond donors (Lipinski definition) is 1. The molecule has 1 N–H and O–H groups in total. The van der Waals surface area contributed by atoms with Crippen LogP contribution in [0.2, 0.25) is 0 Å². The Kier molecular flexibility index (Phi) is 22.3. The van der Waals surface area contributed by atoms with Crippen LogP contribution >= 0.6 is 0 Å². The minimum atomic E-state index is -0.759. The normalized spacial score (nSPS) is 12.2. The van der Waals surface area contributed by atoms with E-state index in [1.165, 1.54) is 64.2 Å². The van der Waals surface area contributed by atoms with Gasteiger partial charge in [-0.05, 0) is 18.8 Å². The molecule has 0 radical (unpaired) electrons. The second kappa shape index (κ2) is 23.1. The zero-order valence-corrected chi connectivity index (χ0v) is 21.4. The van der Waals surface area contributed by atoms with Crippen molar-refractivity contribution in [2.75, 3.05) is 13.2 Å². The molecule has 0 amide bonds. The fourth-order valence-electron chi connectivity index (χ4n) is 3.74. The van der Waals surface area contributed by atoms with E-state index in [9.17, 15) is 14.7 Å². The number of aliphatic hydroxyl groups excluding tert-OH is 1. The van der Waals surface area contributed by atoms with Crippen molar-refractivity contribution >= 4 is 11.9 Å². The van der Waals surface area contributed by atoms with Crippen molar-refractivity contribution in [1.82, 2.24) is 0 Å². The summed E-state index contributed by atoms with van der Waals surface area (Å²) in [7, 11) is 0. The zero-order valence-electron chi connectivity index (χ0n) is 21.4. The minimum Gasteiger partial charge on any atom is -0.462 e. The highest BCUT2D eigenvalue weighted by Gasteiger charge is 2.16. The standard InChI is InChI=1S/C27H52O5/c1-4-5-6-7-8-9-10-14-17-20-26(29)31-23-25(22-28)32-27(30)21-18-15-12-11-13-16-19-24(2)3/h24-25,28H,4-23H2,1-3H3/t25-/m0/s1. The average molecular weight is 457 g/mol. The Bertz CT molecular complexity index is 436. The lowest BCUT2D eigenvalue weighted by molar-refractivity contribution is -0.161. The number of carbonyl (C=O) groups excluding carboxylic acids is 2. The molecule has 0 heterocycles. The summed E-state index contributed by atoms with van der Waals surface area (Å²) in [6.07, 6.45) is 18.8. The Balaban J connectivity index is 3.63. The number of esters is 2. The highest BCUT2D eigenvalue weighted by Crippen LogP contribution is 2.13. The minimum absolute atomic E-state index is 0.0612. The number of carbonyl (C=O) groups is 2. The molecule has 0 aromatic heterocycles. The van der Waals surface area contributed by atoms with Crippen LogP contribution in [-0.4, -0.2) is 36.4 Å². The smallest absolute Gasteiger partial charge is 0.306 e. The van der Waals surface area contributed by atoms with E-state index in [4.69, 9.17) is 9.47 Å². The Hall–Kier alpha value is -1.10. The van der Waals surface area contributed by atoms with Crippen LogP contribution in [0.4, 0.5) is 0 Å². The summed E-state index contributed by atoms with van der Waals surface area (Å²) in [6, 6.07) is 0. The molecule has 1 atom stereocenters. The maximum atomic E-state index is 11.9. The van der Waals surface area contributed by atoms with E-state index in [1.54, 1.807) is 0 Å². The van der Waals surface area contributed by atoms with E-state index in [2.05, 4.69) is 20.8 Å². The van der Waals surface area contributed by atoms with Gasteiger partial charge in [0.15, 0.2) is 6.10 Å². The van der Waals surface area contributed by atoms with Gasteiger partial charge in [-0.2, -0.15) is 0 Å². The maximum Gasteiger partial charge on any atom is 0.306 e. The zero-order chi connectivity index (χ0) is 23.9. The summed E-state index contributed by atoms with van der Waals surface area (Å²) in [4.78, 5) is 23.8. The molecule has 5 heteroatoms. The van der Waals surface area contributed by atoms with Crippen LogP contribution in [0.3, 0.4) is 0 Å². The molecular weight excluding hydrogens is 404 g/mol. The molecule has 0 saturated heterocycles. The van der Waals surface area contributed by atoms with E-state index in [-0.39, 0.29) is 25.2 Å². The highest BCUT2D eigenvalue weighted by molar-refractivity contribution is 5.70. The van der Waals surface area contributed by atoms with Crippen LogP contribution in [0, 0.1) is 5.92 Å². The molecule has 0 spiro atoms. The van der Waals surface area contributed by atoms with Gasteiger partial charge in [0.05, 0.1) is 6.61 Å². The summed E-state index contributed by atoms with van der Waals surface area (Å²) < 4.78 is 10.4. The predicted molar refractivity (Wildman–Crippen MR) is 132 cm³/mol. The molecule has 0 aliphatic carbocycles. The topological polar surface area (TPSA) is 72.8 Å². The third-order valence-corrected chi connectivity index (χ3v) is 5.83. The first-order valence-electron chi connectivity index (χ1n) is 13.5. The molecule has 0 aromatic carbocycles. The van der Waals surface area contributed by atoms with Gasteiger partial charge >= 0.3 is 11.9 Å². The summed E-state index contributed by atoms with van der Waals surface area (Å²) in [5.74, 6) is 0.178. The molecule has 0 fully saturated rings. The van der Waals surface area contributed by atoms with Gasteiger partial charge in [-0.3, -0.25) is 9.59 Å². The van der Waals surface area contributed by atoms with Crippen molar-refractivity contribution < 1.29 is 24.2 Å². The first-order valence-corrected chi connectivity index (χ1v) is 13.5. The van der Waals surface area contributed by atoms with Gasteiger partial charge in [0.1, 0.15) is 6.61 Å². The molecule has 0 aliphatic heterocycles. The van der Waals surface area contributed by atoms with E-state index >= 15 is 0 Å². The van der Waals surface area contributed by atoms with Gasteiger partial charge in [-0.15, -0.1) is 0 Å². The van der Waals surface area contributed by atoms with Gasteiger partial charge in [0.25, 0.3) is 0 Å². The molecule has 0 saturated carbocycles.